The minimum absolute atomic E-state index is 0.0210. The van der Waals surface area contributed by atoms with E-state index in [1.54, 1.807) is 23.2 Å². The largest absolute Gasteiger partial charge is 0.445 e. The number of ether oxygens (including phenoxy) is 3. The Morgan fingerprint density at radius 2 is 1.71 bits per heavy atom. The maximum atomic E-state index is 13.6. The first-order valence-corrected chi connectivity index (χ1v) is 17.0. The van der Waals surface area contributed by atoms with Crippen LogP contribution in [0, 0.1) is 17.8 Å². The number of aromatic nitrogens is 1. The molecule has 12 heteroatoms. The van der Waals surface area contributed by atoms with E-state index >= 15 is 0 Å². The number of alkyl carbamates (subject to hydrolysis) is 1. The second-order valence-corrected chi connectivity index (χ2v) is 13.5. The molecule has 258 valence electrons. The molecular formula is C37H43N5O7. The van der Waals surface area contributed by atoms with Crippen molar-refractivity contribution in [2.75, 3.05) is 25.1 Å². The second kappa shape index (κ2) is 14.6. The number of hydrogen-bond donors (Lipinski definition) is 4. The number of nitrogens with zero attached hydrogens (tertiary/aromatic N) is 2. The van der Waals surface area contributed by atoms with Gasteiger partial charge >= 0.3 is 6.09 Å². The summed E-state index contributed by atoms with van der Waals surface area (Å²) in [5.41, 5.74) is 6.35. The summed E-state index contributed by atoms with van der Waals surface area (Å²) in [5, 5.41) is 19.5. The number of oxazole rings is 1. The molecule has 1 saturated carbocycles. The quantitative estimate of drug-likeness (QED) is 0.150. The third-order valence-electron chi connectivity index (χ3n) is 9.54. The van der Waals surface area contributed by atoms with Crippen LogP contribution < -0.4 is 16.1 Å². The lowest BCUT2D eigenvalue weighted by molar-refractivity contribution is -0.169. The number of aliphatic hydroxyl groups excluding tert-OH is 1. The fourth-order valence-corrected chi connectivity index (χ4v) is 7.20. The molecule has 7 rings (SSSR count). The number of hydrazine groups is 1. The Balaban J connectivity index is 1.07. The predicted octanol–water partition coefficient (Wildman–Crippen LogP) is 4.50. The number of amides is 2. The van der Waals surface area contributed by atoms with Crippen LogP contribution in [0.4, 0.5) is 10.8 Å². The summed E-state index contributed by atoms with van der Waals surface area (Å²) in [6.45, 7) is 5.32. The van der Waals surface area contributed by atoms with E-state index in [1.807, 2.05) is 74.5 Å². The molecule has 4 aromatic rings. The third-order valence-corrected chi connectivity index (χ3v) is 9.54. The van der Waals surface area contributed by atoms with Gasteiger partial charge in [-0.25, -0.2) is 9.80 Å². The van der Waals surface area contributed by atoms with Gasteiger partial charge in [0.2, 0.25) is 0 Å². The second-order valence-electron chi connectivity index (χ2n) is 13.5. The molecule has 49 heavy (non-hydrogen) atoms. The summed E-state index contributed by atoms with van der Waals surface area (Å²) in [7, 11) is 0. The van der Waals surface area contributed by atoms with Crippen molar-refractivity contribution in [3.63, 3.8) is 0 Å². The van der Waals surface area contributed by atoms with Crippen LogP contribution in [0.2, 0.25) is 0 Å². The van der Waals surface area contributed by atoms with Gasteiger partial charge in [0.1, 0.15) is 11.6 Å². The molecule has 2 saturated heterocycles. The van der Waals surface area contributed by atoms with Gasteiger partial charge in [0.25, 0.3) is 11.9 Å². The first-order valence-electron chi connectivity index (χ1n) is 17.0. The van der Waals surface area contributed by atoms with Crippen LogP contribution in [0.3, 0.4) is 0 Å². The fraction of sp³-hybridized carbons (Fsp3) is 0.432. The smallest absolute Gasteiger partial charge is 0.407 e. The van der Waals surface area contributed by atoms with E-state index < -0.39 is 18.2 Å². The molecule has 3 aromatic carbocycles. The third kappa shape index (κ3) is 7.73. The van der Waals surface area contributed by atoms with Gasteiger partial charge in [-0.05, 0) is 56.0 Å². The summed E-state index contributed by atoms with van der Waals surface area (Å²) >= 11 is 0. The van der Waals surface area contributed by atoms with E-state index in [0.29, 0.717) is 48.9 Å². The van der Waals surface area contributed by atoms with Crippen molar-refractivity contribution in [1.29, 1.82) is 0 Å². The Morgan fingerprint density at radius 3 is 2.47 bits per heavy atom. The van der Waals surface area contributed by atoms with Gasteiger partial charge in [0.15, 0.2) is 11.9 Å². The van der Waals surface area contributed by atoms with Gasteiger partial charge in [0.05, 0.1) is 25.4 Å². The van der Waals surface area contributed by atoms with Crippen molar-refractivity contribution in [2.24, 2.45) is 17.8 Å². The Hall–Kier alpha value is -4.49. The highest BCUT2D eigenvalue weighted by Gasteiger charge is 2.56. The monoisotopic (exact) mass is 669 g/mol. The van der Waals surface area contributed by atoms with Crippen LogP contribution in [0.25, 0.3) is 11.1 Å². The summed E-state index contributed by atoms with van der Waals surface area (Å²) in [4.78, 5) is 31.5. The number of nitrogens with one attached hydrogen (secondary N) is 3. The minimum Gasteiger partial charge on any atom is -0.445 e. The standard InChI is InChI=1S/C37H43N5O7/c1-22(2)38-36-39-30-17-25(13-14-32(30)48-36)34(44)41-42(18-24-11-7-4-8-12-24)19-31(43)29(15-23-9-5-3-6-10-23)40-37(45)49-33-26-16-27-28(33)21-47-35(27)46-20-26/h3-14,17,22,26-29,31,33,35,43H,15-16,18-21H2,1-2H3,(H,38,39)(H,40,45)(H,41,44)/t26-,27?,28?,29+,31-,33?,35?/m1/s1. The van der Waals surface area contributed by atoms with E-state index in [1.165, 1.54) is 0 Å². The van der Waals surface area contributed by atoms with E-state index in [0.717, 1.165) is 17.5 Å². The molecule has 12 nitrogen and oxygen atoms in total. The van der Waals surface area contributed by atoms with Crippen molar-refractivity contribution >= 4 is 29.1 Å². The molecule has 1 aromatic heterocycles. The summed E-state index contributed by atoms with van der Waals surface area (Å²) in [5.74, 6) is 0.0996. The van der Waals surface area contributed by atoms with E-state index in [4.69, 9.17) is 18.6 Å². The van der Waals surface area contributed by atoms with Crippen LogP contribution in [-0.4, -0.2) is 77.4 Å². The van der Waals surface area contributed by atoms with Gasteiger partial charge < -0.3 is 34.4 Å². The number of carbonyl (C=O) groups excluding carboxylic acids is 2. The Bertz CT molecular complexity index is 1740. The highest BCUT2D eigenvalue weighted by molar-refractivity contribution is 5.97. The van der Waals surface area contributed by atoms with Crippen LogP contribution >= 0.6 is 0 Å². The average molecular weight is 670 g/mol. The Kier molecular flexibility index (Phi) is 9.81. The number of hydrogen-bond acceptors (Lipinski definition) is 10. The lowest BCUT2D eigenvalue weighted by atomic mass is 9.98. The number of fused-ring (bicyclic) bond motifs is 2. The van der Waals surface area contributed by atoms with Crippen LogP contribution in [0.1, 0.15) is 41.8 Å². The molecule has 0 radical (unpaired) electrons. The zero-order chi connectivity index (χ0) is 33.9. The topological polar surface area (TPSA) is 147 Å². The predicted molar refractivity (Wildman–Crippen MR) is 181 cm³/mol. The molecular weight excluding hydrogens is 626 g/mol. The van der Waals surface area contributed by atoms with Crippen molar-refractivity contribution in [3.05, 3.63) is 95.6 Å². The molecule has 2 amide bonds. The van der Waals surface area contributed by atoms with Gasteiger partial charge in [-0.1, -0.05) is 60.7 Å². The summed E-state index contributed by atoms with van der Waals surface area (Å²) in [6.07, 6.45) is -0.920. The van der Waals surface area contributed by atoms with E-state index in [9.17, 15) is 14.7 Å². The number of rotatable bonds is 13. The van der Waals surface area contributed by atoms with Crippen molar-refractivity contribution < 1.29 is 33.3 Å². The first-order chi connectivity index (χ1) is 23.8. The highest BCUT2D eigenvalue weighted by atomic mass is 16.7. The number of benzene rings is 3. The average Bonchev–Trinajstić information content (AvgIpc) is 3.76. The zero-order valence-corrected chi connectivity index (χ0v) is 27.7. The molecule has 3 fully saturated rings. The maximum Gasteiger partial charge on any atom is 0.407 e. The molecule has 1 aliphatic carbocycles. The molecule has 3 heterocycles. The minimum atomic E-state index is -1.08. The number of aliphatic hydroxyl groups is 1. The van der Waals surface area contributed by atoms with Gasteiger partial charge in [-0.2, -0.15) is 4.98 Å². The molecule has 2 bridgehead atoms. The Morgan fingerprint density at radius 1 is 0.980 bits per heavy atom. The van der Waals surface area contributed by atoms with Gasteiger partial charge in [-0.3, -0.25) is 10.2 Å². The van der Waals surface area contributed by atoms with Crippen LogP contribution in [0.5, 0.6) is 0 Å². The summed E-state index contributed by atoms with van der Waals surface area (Å²) in [6, 6.07) is 24.2. The number of anilines is 1. The fourth-order valence-electron chi connectivity index (χ4n) is 7.20. The van der Waals surface area contributed by atoms with Crippen molar-refractivity contribution in [2.45, 2.75) is 63.8 Å². The van der Waals surface area contributed by atoms with Crippen LogP contribution in [0.15, 0.2) is 83.3 Å². The zero-order valence-electron chi connectivity index (χ0n) is 27.7. The summed E-state index contributed by atoms with van der Waals surface area (Å²) < 4.78 is 23.4. The SMILES string of the molecule is CC(C)Nc1nc2cc(C(=O)NN(Cc3ccccc3)C[C@@H](O)[C@H](Cc3ccccc3)NC(=O)OC3C4COC5OC[C@H]3CC54)ccc2o1. The van der Waals surface area contributed by atoms with Crippen LogP contribution in [-0.2, 0) is 27.2 Å². The van der Waals surface area contributed by atoms with Gasteiger partial charge in [0, 0.05) is 42.4 Å². The number of carbonyl (C=O) groups is 2. The molecule has 0 spiro atoms. The first kappa shape index (κ1) is 33.0. The molecule has 4 unspecified atom stereocenters. The lowest BCUT2D eigenvalue weighted by Gasteiger charge is -2.31. The lowest BCUT2D eigenvalue weighted by Crippen LogP contribution is -2.53. The van der Waals surface area contributed by atoms with Gasteiger partial charge in [-0.15, -0.1) is 0 Å². The van der Waals surface area contributed by atoms with E-state index in [2.05, 4.69) is 21.0 Å². The molecule has 2 aliphatic heterocycles. The highest BCUT2D eigenvalue weighted by Crippen LogP contribution is 2.49. The van der Waals surface area contributed by atoms with E-state index in [-0.39, 0.29) is 48.6 Å². The maximum absolute atomic E-state index is 13.6. The Labute approximate surface area is 285 Å². The molecule has 3 aliphatic rings. The van der Waals surface area contributed by atoms with Crippen molar-refractivity contribution in [1.82, 2.24) is 20.7 Å². The van der Waals surface area contributed by atoms with Crippen molar-refractivity contribution in [3.8, 4) is 0 Å². The normalized spacial score (nSPS) is 23.8. The molecule has 4 N–H and O–H groups in total. The molecule has 7 atom stereocenters.